The minimum absolute atomic E-state index is 0.230. The number of aromatic hydroxyl groups is 1. The Morgan fingerprint density at radius 2 is 1.82 bits per heavy atom. The average Bonchev–Trinajstić information content (AvgIpc) is 2.73. The van der Waals surface area contributed by atoms with Crippen LogP contribution in [0.3, 0.4) is 0 Å². The van der Waals surface area contributed by atoms with E-state index in [9.17, 15) is 5.11 Å². The Morgan fingerprint density at radius 3 is 2.65 bits per heavy atom. The number of fused-ring (bicyclic) bond motifs is 1. The van der Waals surface area contributed by atoms with Crippen molar-refractivity contribution in [1.82, 2.24) is 0 Å². The van der Waals surface area contributed by atoms with Crippen molar-refractivity contribution in [2.24, 2.45) is 0 Å². The predicted molar refractivity (Wildman–Crippen MR) is 73.3 cm³/mol. The number of rotatable bonds is 1. The van der Waals surface area contributed by atoms with Gasteiger partial charge in [-0.15, -0.1) is 11.3 Å². The van der Waals surface area contributed by atoms with Gasteiger partial charge in [0.15, 0.2) is 0 Å². The first-order valence-electron chi connectivity index (χ1n) is 5.31. The molecule has 17 heavy (non-hydrogen) atoms. The van der Waals surface area contributed by atoms with Gasteiger partial charge in [-0.3, -0.25) is 0 Å². The summed E-state index contributed by atoms with van der Waals surface area (Å²) in [7, 11) is 0. The molecule has 3 aromatic rings. The number of phenolic OH excluding ortho intramolecular Hbond substituents is 1. The molecular weight excluding hydrogens is 230 g/mol. The van der Waals surface area contributed by atoms with Crippen LogP contribution < -0.4 is 5.73 Å². The Bertz CT molecular complexity index is 667. The van der Waals surface area contributed by atoms with Gasteiger partial charge in [-0.2, -0.15) is 0 Å². The van der Waals surface area contributed by atoms with Gasteiger partial charge in [0.2, 0.25) is 0 Å². The van der Waals surface area contributed by atoms with Crippen LogP contribution in [0, 0.1) is 0 Å². The lowest BCUT2D eigenvalue weighted by Gasteiger charge is -2.06. The van der Waals surface area contributed by atoms with E-state index < -0.39 is 0 Å². The van der Waals surface area contributed by atoms with Crippen molar-refractivity contribution in [3.63, 3.8) is 0 Å². The van der Waals surface area contributed by atoms with Crippen molar-refractivity contribution < 1.29 is 5.11 Å². The summed E-state index contributed by atoms with van der Waals surface area (Å²) in [5.74, 6) is 0.230. The highest BCUT2D eigenvalue weighted by atomic mass is 32.1. The predicted octanol–water partition coefficient (Wildman–Crippen LogP) is 3.86. The van der Waals surface area contributed by atoms with Crippen LogP contribution in [0.4, 0.5) is 5.69 Å². The smallest absolute Gasteiger partial charge is 0.125 e. The Morgan fingerprint density at radius 1 is 1.00 bits per heavy atom. The summed E-state index contributed by atoms with van der Waals surface area (Å²) in [6.45, 7) is 0. The van der Waals surface area contributed by atoms with Gasteiger partial charge in [-0.1, -0.05) is 24.3 Å². The molecule has 2 nitrogen and oxygen atoms in total. The molecule has 0 fully saturated rings. The van der Waals surface area contributed by atoms with Gasteiger partial charge in [0.1, 0.15) is 5.75 Å². The third kappa shape index (κ3) is 1.56. The SMILES string of the molecule is Nc1cccc(O)c1-c1csc2ccccc12. The Balaban J connectivity index is 2.35. The molecule has 1 heterocycles. The average molecular weight is 241 g/mol. The van der Waals surface area contributed by atoms with Crippen molar-refractivity contribution in [2.75, 3.05) is 5.73 Å². The number of anilines is 1. The van der Waals surface area contributed by atoms with E-state index >= 15 is 0 Å². The van der Waals surface area contributed by atoms with E-state index in [1.165, 1.54) is 4.70 Å². The zero-order chi connectivity index (χ0) is 11.8. The third-order valence-corrected chi connectivity index (χ3v) is 3.79. The number of thiophene rings is 1. The number of hydrogen-bond acceptors (Lipinski definition) is 3. The molecule has 0 radical (unpaired) electrons. The number of nitrogens with two attached hydrogens (primary N) is 1. The standard InChI is InChI=1S/C14H11NOS/c15-11-5-3-6-12(16)14(11)10-8-17-13-7-2-1-4-9(10)13/h1-8,16H,15H2. The molecule has 0 bridgehead atoms. The van der Waals surface area contributed by atoms with E-state index in [-0.39, 0.29) is 5.75 Å². The van der Waals surface area contributed by atoms with Gasteiger partial charge >= 0.3 is 0 Å². The number of hydrogen-bond donors (Lipinski definition) is 2. The largest absolute Gasteiger partial charge is 0.507 e. The maximum absolute atomic E-state index is 9.95. The Hall–Kier alpha value is -2.00. The third-order valence-electron chi connectivity index (χ3n) is 2.83. The maximum atomic E-state index is 9.95. The number of benzene rings is 2. The summed E-state index contributed by atoms with van der Waals surface area (Å²) in [5, 5.41) is 13.1. The lowest BCUT2D eigenvalue weighted by atomic mass is 10.0. The Kier molecular flexibility index (Phi) is 2.27. The van der Waals surface area contributed by atoms with Crippen LogP contribution in [0.2, 0.25) is 0 Å². The summed E-state index contributed by atoms with van der Waals surface area (Å²) < 4.78 is 1.20. The van der Waals surface area contributed by atoms with E-state index in [0.29, 0.717) is 5.69 Å². The van der Waals surface area contributed by atoms with Gasteiger partial charge in [0.05, 0.1) is 0 Å². The summed E-state index contributed by atoms with van der Waals surface area (Å²) in [5.41, 5.74) is 8.28. The second kappa shape index (κ2) is 3.79. The fourth-order valence-electron chi connectivity index (χ4n) is 2.02. The van der Waals surface area contributed by atoms with Crippen LogP contribution in [0.5, 0.6) is 5.75 Å². The first-order chi connectivity index (χ1) is 8.27. The van der Waals surface area contributed by atoms with Crippen LogP contribution in [-0.4, -0.2) is 5.11 Å². The van der Waals surface area contributed by atoms with Crippen LogP contribution in [0.1, 0.15) is 0 Å². The zero-order valence-corrected chi connectivity index (χ0v) is 9.87. The van der Waals surface area contributed by atoms with Gasteiger partial charge in [-0.05, 0) is 18.2 Å². The topological polar surface area (TPSA) is 46.2 Å². The van der Waals surface area contributed by atoms with E-state index in [0.717, 1.165) is 16.5 Å². The van der Waals surface area contributed by atoms with Crippen LogP contribution in [-0.2, 0) is 0 Å². The van der Waals surface area contributed by atoms with Gasteiger partial charge in [-0.25, -0.2) is 0 Å². The molecule has 3 rings (SSSR count). The fraction of sp³-hybridized carbons (Fsp3) is 0. The van der Waals surface area contributed by atoms with Crippen LogP contribution in [0.15, 0.2) is 47.8 Å². The van der Waals surface area contributed by atoms with Crippen molar-refractivity contribution in [3.8, 4) is 16.9 Å². The molecule has 0 atom stereocenters. The van der Waals surface area contributed by atoms with Crippen LogP contribution in [0.25, 0.3) is 21.2 Å². The summed E-state index contributed by atoms with van der Waals surface area (Å²) in [6.07, 6.45) is 0. The molecule has 2 aromatic carbocycles. The first-order valence-corrected chi connectivity index (χ1v) is 6.19. The van der Waals surface area contributed by atoms with E-state index in [1.807, 2.05) is 29.6 Å². The normalized spacial score (nSPS) is 10.8. The highest BCUT2D eigenvalue weighted by Gasteiger charge is 2.12. The molecule has 0 unspecified atom stereocenters. The van der Waals surface area contributed by atoms with Crippen molar-refractivity contribution >= 4 is 27.1 Å². The molecule has 0 aliphatic carbocycles. The summed E-state index contributed by atoms with van der Waals surface area (Å²) in [6, 6.07) is 13.3. The van der Waals surface area contributed by atoms with Crippen molar-refractivity contribution in [2.45, 2.75) is 0 Å². The van der Waals surface area contributed by atoms with Gasteiger partial charge in [0.25, 0.3) is 0 Å². The molecule has 0 aliphatic rings. The number of nitrogen functional groups attached to an aromatic ring is 1. The van der Waals surface area contributed by atoms with Crippen molar-refractivity contribution in [1.29, 1.82) is 0 Å². The lowest BCUT2D eigenvalue weighted by molar-refractivity contribution is 0.477. The van der Waals surface area contributed by atoms with E-state index in [4.69, 9.17) is 5.73 Å². The Labute approximate surface area is 103 Å². The van der Waals surface area contributed by atoms with Gasteiger partial charge in [0, 0.05) is 32.3 Å². The molecule has 84 valence electrons. The first kappa shape index (κ1) is 10.2. The summed E-state index contributed by atoms with van der Waals surface area (Å²) in [4.78, 5) is 0. The molecule has 0 amide bonds. The monoisotopic (exact) mass is 241 g/mol. The highest BCUT2D eigenvalue weighted by molar-refractivity contribution is 7.17. The van der Waals surface area contributed by atoms with Crippen molar-refractivity contribution in [3.05, 3.63) is 47.8 Å². The minimum atomic E-state index is 0.230. The van der Waals surface area contributed by atoms with E-state index in [1.54, 1.807) is 23.5 Å². The second-order valence-corrected chi connectivity index (χ2v) is 4.80. The minimum Gasteiger partial charge on any atom is -0.507 e. The fourth-order valence-corrected chi connectivity index (χ4v) is 2.97. The summed E-state index contributed by atoms with van der Waals surface area (Å²) >= 11 is 1.66. The highest BCUT2D eigenvalue weighted by Crippen LogP contribution is 2.41. The molecule has 0 saturated heterocycles. The maximum Gasteiger partial charge on any atom is 0.125 e. The van der Waals surface area contributed by atoms with Gasteiger partial charge < -0.3 is 10.8 Å². The zero-order valence-electron chi connectivity index (χ0n) is 9.05. The number of phenols is 1. The molecule has 0 aliphatic heterocycles. The van der Waals surface area contributed by atoms with Crippen LogP contribution >= 0.6 is 11.3 Å². The van der Waals surface area contributed by atoms with E-state index in [2.05, 4.69) is 6.07 Å². The lowest BCUT2D eigenvalue weighted by Crippen LogP contribution is -1.89. The molecule has 0 spiro atoms. The molecule has 3 N–H and O–H groups in total. The second-order valence-electron chi connectivity index (χ2n) is 3.89. The quantitative estimate of drug-likeness (QED) is 0.635. The molecule has 1 aromatic heterocycles. The molecule has 3 heteroatoms. The molecular formula is C14H11NOS. The molecule has 0 saturated carbocycles.